The third-order valence-corrected chi connectivity index (χ3v) is 3.30. The number of nitrogens with zero attached hydrogens (tertiary/aromatic N) is 2. The average molecular weight is 273 g/mol. The number of nitro benzene ring substituents is 1. The van der Waals surface area contributed by atoms with Gasteiger partial charge in [0.05, 0.1) is 9.82 Å². The molecule has 82 valence electrons. The minimum atomic E-state index is -3.81. The molecule has 0 bridgehead atoms. The van der Waals surface area contributed by atoms with E-state index in [1.54, 1.807) is 0 Å². The molecule has 0 aromatic heterocycles. The molecule has 0 unspecified atom stereocenters. The zero-order valence-electron chi connectivity index (χ0n) is 8.55. The van der Waals surface area contributed by atoms with Crippen molar-refractivity contribution in [2.45, 2.75) is 4.90 Å². The van der Waals surface area contributed by atoms with Gasteiger partial charge in [-0.3, -0.25) is 10.1 Å². The van der Waals surface area contributed by atoms with Gasteiger partial charge in [-0.15, -0.1) is 0 Å². The van der Waals surface area contributed by atoms with Gasteiger partial charge in [0.25, 0.3) is 5.69 Å². The summed E-state index contributed by atoms with van der Waals surface area (Å²) in [7, 11) is -2.72. The van der Waals surface area contributed by atoms with Crippen molar-refractivity contribution in [1.29, 1.82) is 0 Å². The zero-order chi connectivity index (χ0) is 11.6. The normalized spacial score (nSPS) is 10.6. The van der Waals surface area contributed by atoms with Gasteiger partial charge in [-0.25, -0.2) is 8.42 Å². The van der Waals surface area contributed by atoms with E-state index in [1.807, 2.05) is 0 Å². The Morgan fingerprint density at radius 1 is 1.44 bits per heavy atom. The van der Waals surface area contributed by atoms with E-state index >= 15 is 0 Å². The Hall–Kier alpha value is -0.180. The molecule has 0 spiro atoms. The van der Waals surface area contributed by atoms with Crippen LogP contribution in [-0.4, -0.2) is 20.4 Å². The van der Waals surface area contributed by atoms with Crippen molar-refractivity contribution in [3.8, 4) is 0 Å². The second-order valence-corrected chi connectivity index (χ2v) is 4.72. The van der Waals surface area contributed by atoms with Gasteiger partial charge in [-0.05, 0) is 12.1 Å². The third-order valence-electron chi connectivity index (χ3n) is 1.65. The molecule has 0 aliphatic carbocycles. The van der Waals surface area contributed by atoms with Crippen molar-refractivity contribution >= 4 is 27.3 Å². The molecule has 0 aliphatic rings. The fourth-order valence-electron chi connectivity index (χ4n) is 0.898. The topological polar surface area (TPSA) is 91.4 Å². The number of hydrogen-bond donors (Lipinski definition) is 0. The van der Waals surface area contributed by atoms with Crippen molar-refractivity contribution in [3.63, 3.8) is 0 Å². The van der Waals surface area contributed by atoms with Crippen LogP contribution in [0.15, 0.2) is 23.1 Å². The average Bonchev–Trinajstić information content (AvgIpc) is 2.17. The first-order valence-corrected chi connectivity index (χ1v) is 5.50. The second-order valence-electron chi connectivity index (χ2n) is 2.53. The smallest absolute Gasteiger partial charge is 0.547 e. The number of hydrogen-bond acceptors (Lipinski definition) is 4. The molecule has 1 aromatic carbocycles. The van der Waals surface area contributed by atoms with Gasteiger partial charge in [-0.1, -0.05) is 11.6 Å². The Balaban J connectivity index is 0.00000225. The Morgan fingerprint density at radius 2 is 2.00 bits per heavy atom. The van der Waals surface area contributed by atoms with Crippen LogP contribution in [0.2, 0.25) is 5.02 Å². The van der Waals surface area contributed by atoms with Crippen LogP contribution in [0.25, 0.3) is 4.72 Å². The van der Waals surface area contributed by atoms with E-state index in [9.17, 15) is 18.5 Å². The molecule has 0 saturated carbocycles. The van der Waals surface area contributed by atoms with Crippen molar-refractivity contribution < 1.29 is 42.9 Å². The van der Waals surface area contributed by atoms with Crippen molar-refractivity contribution in [3.05, 3.63) is 38.1 Å². The van der Waals surface area contributed by atoms with Crippen LogP contribution < -0.4 is 29.6 Å². The molecule has 0 fully saturated rings. The van der Waals surface area contributed by atoms with Gasteiger partial charge in [0, 0.05) is 6.07 Å². The van der Waals surface area contributed by atoms with E-state index in [2.05, 4.69) is 4.72 Å². The number of nitro groups is 1. The van der Waals surface area contributed by atoms with E-state index in [4.69, 9.17) is 11.6 Å². The summed E-state index contributed by atoms with van der Waals surface area (Å²) in [5.41, 5.74) is -0.457. The quantitative estimate of drug-likeness (QED) is 0.399. The van der Waals surface area contributed by atoms with E-state index in [-0.39, 0.29) is 39.5 Å². The fraction of sp³-hybridized carbons (Fsp3) is 0.143. The van der Waals surface area contributed by atoms with Gasteiger partial charge in [-0.2, -0.15) is 7.05 Å². The third kappa shape index (κ3) is 3.41. The summed E-state index contributed by atoms with van der Waals surface area (Å²) in [4.78, 5) is 9.48. The van der Waals surface area contributed by atoms with Crippen LogP contribution >= 0.6 is 11.6 Å². The predicted octanol–water partition coefficient (Wildman–Crippen LogP) is -1.06. The number of rotatable bonds is 3. The van der Waals surface area contributed by atoms with E-state index in [0.717, 1.165) is 25.2 Å². The fourth-order valence-corrected chi connectivity index (χ4v) is 1.80. The van der Waals surface area contributed by atoms with Crippen molar-refractivity contribution in [2.24, 2.45) is 0 Å². The minimum absolute atomic E-state index is 0. The first-order chi connectivity index (χ1) is 6.88. The van der Waals surface area contributed by atoms with Crippen molar-refractivity contribution in [1.82, 2.24) is 0 Å². The van der Waals surface area contributed by atoms with E-state index in [1.165, 1.54) is 0 Å². The molecular formula is C7H6ClN2NaO4S. The molecule has 6 nitrogen and oxygen atoms in total. The maximum absolute atomic E-state index is 11.3. The number of halogens is 1. The minimum Gasteiger partial charge on any atom is -0.547 e. The molecule has 0 amide bonds. The molecule has 1 rings (SSSR count). The van der Waals surface area contributed by atoms with Crippen LogP contribution in [0.3, 0.4) is 0 Å². The van der Waals surface area contributed by atoms with E-state index in [0.29, 0.717) is 0 Å². The monoisotopic (exact) mass is 272 g/mol. The maximum Gasteiger partial charge on any atom is 1.00 e. The first-order valence-electron chi connectivity index (χ1n) is 3.68. The number of sulfonamides is 1. The molecule has 1 aromatic rings. The molecule has 9 heteroatoms. The summed E-state index contributed by atoms with van der Waals surface area (Å²) >= 11 is 5.52. The Kier molecular flexibility index (Phi) is 5.88. The van der Waals surface area contributed by atoms with Crippen LogP contribution in [0, 0.1) is 10.1 Å². The summed E-state index contributed by atoms with van der Waals surface area (Å²) in [6, 6.07) is 3.19. The van der Waals surface area contributed by atoms with Gasteiger partial charge in [0.15, 0.2) is 0 Å². The second kappa shape index (κ2) is 5.95. The van der Waals surface area contributed by atoms with E-state index < -0.39 is 20.6 Å². The van der Waals surface area contributed by atoms with Gasteiger partial charge in [0.2, 0.25) is 0 Å². The summed E-state index contributed by atoms with van der Waals surface area (Å²) < 4.78 is 25.6. The Morgan fingerprint density at radius 3 is 2.44 bits per heavy atom. The van der Waals surface area contributed by atoms with Crippen LogP contribution in [0.5, 0.6) is 0 Å². The first kappa shape index (κ1) is 15.8. The van der Waals surface area contributed by atoms with Crippen LogP contribution in [0.4, 0.5) is 5.69 Å². The SMILES string of the molecule is C[N-]S(=O)(=O)c1ccc(Cl)c([N+](=O)[O-])c1.[Na+]. The molecule has 0 saturated heterocycles. The molecule has 0 N–H and O–H groups in total. The predicted molar refractivity (Wildman–Crippen MR) is 54.6 cm³/mol. The maximum atomic E-state index is 11.3. The summed E-state index contributed by atoms with van der Waals surface area (Å²) in [5, 5.41) is 10.4. The molecule has 0 atom stereocenters. The summed E-state index contributed by atoms with van der Waals surface area (Å²) in [6.07, 6.45) is 0. The van der Waals surface area contributed by atoms with Gasteiger partial charge < -0.3 is 4.72 Å². The Bertz CT molecular complexity index is 505. The molecular weight excluding hydrogens is 267 g/mol. The zero-order valence-corrected chi connectivity index (χ0v) is 12.1. The van der Waals surface area contributed by atoms with Gasteiger partial charge in [0.1, 0.15) is 15.0 Å². The summed E-state index contributed by atoms with van der Waals surface area (Å²) in [5.74, 6) is 0. The molecule has 0 radical (unpaired) electrons. The standard InChI is InChI=1S/C7H6ClN2O4S.Na/c1-9-15(13,14)5-2-3-6(8)7(4-5)10(11)12;/h2-4H,1H3;/q-1;+1. The van der Waals surface area contributed by atoms with Gasteiger partial charge >= 0.3 is 29.6 Å². The number of benzene rings is 1. The Labute approximate surface area is 119 Å². The summed E-state index contributed by atoms with van der Waals surface area (Å²) in [6.45, 7) is 0. The van der Waals surface area contributed by atoms with Crippen LogP contribution in [0.1, 0.15) is 0 Å². The molecule has 0 aliphatic heterocycles. The molecule has 16 heavy (non-hydrogen) atoms. The van der Waals surface area contributed by atoms with Crippen LogP contribution in [-0.2, 0) is 10.0 Å². The molecule has 0 heterocycles. The van der Waals surface area contributed by atoms with Crippen molar-refractivity contribution in [2.75, 3.05) is 7.05 Å². The largest absolute Gasteiger partial charge is 1.00 e.